The molecule has 1 aromatic carbocycles. The Labute approximate surface area is 165 Å². The molecule has 1 aliphatic rings. The fraction of sp³-hybridized carbons (Fsp3) is 0.364. The zero-order chi connectivity index (χ0) is 19.3. The summed E-state index contributed by atoms with van der Waals surface area (Å²) < 4.78 is 4.81. The molecule has 1 fully saturated rings. The van der Waals surface area contributed by atoms with E-state index in [9.17, 15) is 4.79 Å². The fourth-order valence-corrected chi connectivity index (χ4v) is 3.89. The number of nitrogens with zero attached hydrogens (tertiary/aromatic N) is 3. The van der Waals surface area contributed by atoms with Crippen LogP contribution in [0.15, 0.2) is 48.9 Å². The summed E-state index contributed by atoms with van der Waals surface area (Å²) >= 11 is 0. The van der Waals surface area contributed by atoms with Gasteiger partial charge in [0.15, 0.2) is 0 Å². The molecule has 0 atom stereocenters. The van der Waals surface area contributed by atoms with Gasteiger partial charge in [0.2, 0.25) is 0 Å². The zero-order valence-corrected chi connectivity index (χ0v) is 16.2. The topological polar surface area (TPSA) is 61.5 Å². The Kier molecular flexibility index (Phi) is 5.69. The molecule has 1 N–H and O–H groups in total. The number of aromatic nitrogens is 2. The number of carbonyl (C=O) groups excluding carboxylic acids is 1. The molecule has 0 aliphatic carbocycles. The Morgan fingerprint density at radius 1 is 1.14 bits per heavy atom. The number of nitrogens with one attached hydrogen (secondary N) is 1. The summed E-state index contributed by atoms with van der Waals surface area (Å²) in [4.78, 5) is 24.3. The highest BCUT2D eigenvalue weighted by atomic mass is 16.5. The van der Waals surface area contributed by atoms with Crippen molar-refractivity contribution in [2.75, 3.05) is 33.3 Å². The van der Waals surface area contributed by atoms with Crippen molar-refractivity contribution < 1.29 is 9.53 Å². The van der Waals surface area contributed by atoms with Crippen LogP contribution in [0.1, 0.15) is 27.9 Å². The van der Waals surface area contributed by atoms with E-state index in [1.54, 1.807) is 0 Å². The molecule has 0 spiro atoms. The molecule has 1 aliphatic heterocycles. The van der Waals surface area contributed by atoms with Crippen molar-refractivity contribution in [3.05, 3.63) is 65.6 Å². The van der Waals surface area contributed by atoms with E-state index in [4.69, 9.17) is 4.74 Å². The van der Waals surface area contributed by atoms with Gasteiger partial charge in [0.25, 0.3) is 0 Å². The van der Waals surface area contributed by atoms with E-state index >= 15 is 0 Å². The predicted molar refractivity (Wildman–Crippen MR) is 109 cm³/mol. The molecule has 0 radical (unpaired) electrons. The van der Waals surface area contributed by atoms with Crippen LogP contribution in [0.5, 0.6) is 0 Å². The summed E-state index contributed by atoms with van der Waals surface area (Å²) in [5.74, 6) is -0.306. The molecule has 1 saturated heterocycles. The smallest absolute Gasteiger partial charge is 0.337 e. The van der Waals surface area contributed by atoms with Crippen molar-refractivity contribution in [1.29, 1.82) is 0 Å². The van der Waals surface area contributed by atoms with Crippen molar-refractivity contribution in [3.63, 3.8) is 0 Å². The number of ether oxygens (including phenoxy) is 1. The van der Waals surface area contributed by atoms with Gasteiger partial charge in [-0.25, -0.2) is 4.79 Å². The average molecular weight is 378 g/mol. The summed E-state index contributed by atoms with van der Waals surface area (Å²) in [5, 5.41) is 1.17. The molecule has 2 aromatic heterocycles. The molecule has 0 bridgehead atoms. The number of hydrogen-bond acceptors (Lipinski definition) is 5. The van der Waals surface area contributed by atoms with Crippen LogP contribution in [0.2, 0.25) is 0 Å². The lowest BCUT2D eigenvalue weighted by atomic mass is 10.1. The Hall–Kier alpha value is -2.70. The molecule has 6 nitrogen and oxygen atoms in total. The van der Waals surface area contributed by atoms with Crippen LogP contribution in [-0.2, 0) is 17.8 Å². The summed E-state index contributed by atoms with van der Waals surface area (Å²) in [7, 11) is 1.41. The highest BCUT2D eigenvalue weighted by Crippen LogP contribution is 2.22. The second-order valence-corrected chi connectivity index (χ2v) is 7.33. The lowest BCUT2D eigenvalue weighted by Gasteiger charge is -2.21. The minimum absolute atomic E-state index is 0.306. The molecular formula is C22H26N4O2. The van der Waals surface area contributed by atoms with Gasteiger partial charge in [-0.2, -0.15) is 0 Å². The largest absolute Gasteiger partial charge is 0.465 e. The maximum atomic E-state index is 11.7. The van der Waals surface area contributed by atoms with Gasteiger partial charge in [-0.3, -0.25) is 14.8 Å². The Morgan fingerprint density at radius 3 is 2.71 bits per heavy atom. The molecule has 28 heavy (non-hydrogen) atoms. The summed E-state index contributed by atoms with van der Waals surface area (Å²) in [6.45, 7) is 6.19. The van der Waals surface area contributed by atoms with Crippen LogP contribution in [0.4, 0.5) is 0 Å². The Bertz CT molecular complexity index is 938. The number of H-pyrrole nitrogens is 1. The lowest BCUT2D eigenvalue weighted by molar-refractivity contribution is 0.0601. The standard InChI is InChI=1S/C22H26N4O2/c1-28-22(27)18-5-6-20-19(14-24-21(20)12-18)16-26-9-3-8-25(10-11-26)15-17-4-2-7-23-13-17/h2,4-7,12-14,24H,3,8-11,15-16H2,1H3. The van der Waals surface area contributed by atoms with Gasteiger partial charge in [0, 0.05) is 55.7 Å². The molecule has 3 aromatic rings. The quantitative estimate of drug-likeness (QED) is 0.692. The van der Waals surface area contributed by atoms with Gasteiger partial charge in [-0.15, -0.1) is 0 Å². The lowest BCUT2D eigenvalue weighted by Crippen LogP contribution is -2.30. The van der Waals surface area contributed by atoms with Gasteiger partial charge in [-0.1, -0.05) is 12.1 Å². The van der Waals surface area contributed by atoms with Crippen LogP contribution in [0.25, 0.3) is 10.9 Å². The van der Waals surface area contributed by atoms with Crippen molar-refractivity contribution in [3.8, 4) is 0 Å². The normalized spacial score (nSPS) is 16.2. The average Bonchev–Trinajstić information content (AvgIpc) is 3.00. The van der Waals surface area contributed by atoms with Crippen LogP contribution in [-0.4, -0.2) is 59.0 Å². The number of rotatable bonds is 5. The maximum absolute atomic E-state index is 11.7. The first-order chi connectivity index (χ1) is 13.7. The second-order valence-electron chi connectivity index (χ2n) is 7.33. The number of esters is 1. The van der Waals surface area contributed by atoms with Gasteiger partial charge >= 0.3 is 5.97 Å². The SMILES string of the molecule is COC(=O)c1ccc2c(CN3CCCN(Cc4cccnc4)CC3)c[nH]c2c1. The summed E-state index contributed by atoms with van der Waals surface area (Å²) in [6, 6.07) is 9.86. The molecule has 0 unspecified atom stereocenters. The van der Waals surface area contributed by atoms with E-state index in [0.717, 1.165) is 51.2 Å². The Morgan fingerprint density at radius 2 is 1.96 bits per heavy atom. The third-order valence-corrected chi connectivity index (χ3v) is 5.39. The van der Waals surface area contributed by atoms with Crippen LogP contribution >= 0.6 is 0 Å². The highest BCUT2D eigenvalue weighted by Gasteiger charge is 2.17. The van der Waals surface area contributed by atoms with E-state index in [1.807, 2.05) is 36.7 Å². The summed E-state index contributed by atoms with van der Waals surface area (Å²) in [6.07, 6.45) is 7.00. The first-order valence-corrected chi connectivity index (χ1v) is 9.75. The van der Waals surface area contributed by atoms with E-state index in [1.165, 1.54) is 23.6 Å². The van der Waals surface area contributed by atoms with Crippen molar-refractivity contribution in [2.24, 2.45) is 0 Å². The van der Waals surface area contributed by atoms with E-state index in [0.29, 0.717) is 5.56 Å². The van der Waals surface area contributed by atoms with E-state index < -0.39 is 0 Å². The first kappa shape index (κ1) is 18.7. The molecule has 146 valence electrons. The van der Waals surface area contributed by atoms with Crippen molar-refractivity contribution >= 4 is 16.9 Å². The second kappa shape index (κ2) is 8.54. The minimum atomic E-state index is -0.306. The molecule has 0 saturated carbocycles. The molecule has 6 heteroatoms. The number of methoxy groups -OCH3 is 1. The Balaban J connectivity index is 1.40. The highest BCUT2D eigenvalue weighted by molar-refractivity contribution is 5.95. The fourth-order valence-electron chi connectivity index (χ4n) is 3.89. The van der Waals surface area contributed by atoms with Crippen LogP contribution in [0, 0.1) is 0 Å². The van der Waals surface area contributed by atoms with E-state index in [2.05, 4.69) is 32.0 Å². The molecule has 3 heterocycles. The molecule has 0 amide bonds. The van der Waals surface area contributed by atoms with Crippen LogP contribution < -0.4 is 0 Å². The summed E-state index contributed by atoms with van der Waals surface area (Å²) in [5.41, 5.74) is 4.09. The number of hydrogen-bond donors (Lipinski definition) is 1. The van der Waals surface area contributed by atoms with E-state index in [-0.39, 0.29) is 5.97 Å². The zero-order valence-electron chi connectivity index (χ0n) is 16.2. The third-order valence-electron chi connectivity index (χ3n) is 5.39. The number of pyridine rings is 1. The molecular weight excluding hydrogens is 352 g/mol. The number of fused-ring (bicyclic) bond motifs is 1. The van der Waals surface area contributed by atoms with Gasteiger partial charge in [-0.05, 0) is 48.8 Å². The predicted octanol–water partition coefficient (Wildman–Crippen LogP) is 3.06. The maximum Gasteiger partial charge on any atom is 0.337 e. The van der Waals surface area contributed by atoms with Crippen molar-refractivity contribution in [1.82, 2.24) is 19.8 Å². The monoisotopic (exact) mass is 378 g/mol. The van der Waals surface area contributed by atoms with Crippen LogP contribution in [0.3, 0.4) is 0 Å². The van der Waals surface area contributed by atoms with Crippen molar-refractivity contribution in [2.45, 2.75) is 19.5 Å². The minimum Gasteiger partial charge on any atom is -0.465 e. The van der Waals surface area contributed by atoms with Gasteiger partial charge in [0.1, 0.15) is 0 Å². The van der Waals surface area contributed by atoms with Gasteiger partial charge in [0.05, 0.1) is 12.7 Å². The van der Waals surface area contributed by atoms with Gasteiger partial charge < -0.3 is 9.72 Å². The number of carbonyl (C=O) groups is 1. The third kappa shape index (κ3) is 4.24. The number of benzene rings is 1. The number of aromatic amines is 1. The molecule has 4 rings (SSSR count). The first-order valence-electron chi connectivity index (χ1n) is 9.75.